The third-order valence-electron chi connectivity index (χ3n) is 3.42. The second-order valence-corrected chi connectivity index (χ2v) is 5.01. The Morgan fingerprint density at radius 2 is 2.11 bits per heavy atom. The summed E-state index contributed by atoms with van der Waals surface area (Å²) in [5.41, 5.74) is 5.59. The van der Waals surface area contributed by atoms with Crippen molar-refractivity contribution in [3.63, 3.8) is 0 Å². The van der Waals surface area contributed by atoms with Crippen molar-refractivity contribution >= 4 is 6.21 Å². The van der Waals surface area contributed by atoms with Crippen molar-refractivity contribution in [3.05, 3.63) is 12.2 Å². The Bertz CT molecular complexity index is 248. The second kappa shape index (κ2) is 10.3. The Hall–Kier alpha value is -0.670. The molecule has 1 aliphatic heterocycles. The number of hydrogen-bond acceptors (Lipinski definition) is 3. The van der Waals surface area contributed by atoms with Gasteiger partial charge >= 0.3 is 0 Å². The molecule has 0 aromatic rings. The molecule has 0 radical (unpaired) electrons. The number of hydrogen-bond donors (Lipinski definition) is 1. The summed E-state index contributed by atoms with van der Waals surface area (Å²) in [4.78, 5) is 6.83. The van der Waals surface area contributed by atoms with Crippen LogP contribution in [0.1, 0.15) is 51.9 Å². The maximum atomic E-state index is 5.59. The summed E-state index contributed by atoms with van der Waals surface area (Å²) in [7, 11) is 0. The lowest BCUT2D eigenvalue weighted by atomic mass is 10.1. The van der Waals surface area contributed by atoms with Gasteiger partial charge in [-0.15, -0.1) is 0 Å². The molecule has 1 heterocycles. The van der Waals surface area contributed by atoms with Gasteiger partial charge in [-0.3, -0.25) is 9.89 Å². The average molecular weight is 251 g/mol. The zero-order chi connectivity index (χ0) is 13.1. The average Bonchev–Trinajstić information content (AvgIpc) is 2.81. The molecule has 0 spiro atoms. The minimum atomic E-state index is 0.338. The van der Waals surface area contributed by atoms with E-state index in [9.17, 15) is 0 Å². The van der Waals surface area contributed by atoms with Crippen LogP contribution in [0.4, 0.5) is 0 Å². The highest BCUT2D eigenvalue weighted by Crippen LogP contribution is 2.11. The Kier molecular flexibility index (Phi) is 8.78. The lowest BCUT2D eigenvalue weighted by Gasteiger charge is -2.20. The standard InChI is InChI=1S/C15H29N3/c1-2-3-4-5-6-7-8-9-10-15-17-12-14-18(15)13-11-16/h8-9,12,15H,2-7,10-11,13-14,16H2,1H3/b9-8+. The van der Waals surface area contributed by atoms with E-state index in [4.69, 9.17) is 5.73 Å². The van der Waals surface area contributed by atoms with Crippen molar-refractivity contribution in [2.24, 2.45) is 10.7 Å². The minimum absolute atomic E-state index is 0.338. The fourth-order valence-corrected chi connectivity index (χ4v) is 2.31. The third-order valence-corrected chi connectivity index (χ3v) is 3.42. The highest BCUT2D eigenvalue weighted by Gasteiger charge is 2.18. The van der Waals surface area contributed by atoms with E-state index in [0.717, 1.165) is 26.1 Å². The van der Waals surface area contributed by atoms with Crippen LogP contribution in [0.3, 0.4) is 0 Å². The van der Waals surface area contributed by atoms with Crippen LogP contribution in [0.2, 0.25) is 0 Å². The zero-order valence-electron chi connectivity index (χ0n) is 11.9. The first-order valence-corrected chi connectivity index (χ1v) is 7.49. The maximum Gasteiger partial charge on any atom is 0.105 e. The van der Waals surface area contributed by atoms with Crippen LogP contribution in [-0.4, -0.2) is 36.9 Å². The highest BCUT2D eigenvalue weighted by molar-refractivity contribution is 5.62. The topological polar surface area (TPSA) is 41.6 Å². The molecule has 0 aliphatic carbocycles. The molecule has 2 N–H and O–H groups in total. The Morgan fingerprint density at radius 1 is 1.28 bits per heavy atom. The van der Waals surface area contributed by atoms with Crippen LogP contribution in [0.5, 0.6) is 0 Å². The zero-order valence-corrected chi connectivity index (χ0v) is 11.9. The molecular weight excluding hydrogens is 222 g/mol. The van der Waals surface area contributed by atoms with Crippen LogP contribution in [0, 0.1) is 0 Å². The Labute approximate surface area is 112 Å². The smallest absolute Gasteiger partial charge is 0.105 e. The first-order chi connectivity index (χ1) is 8.88. The molecule has 3 nitrogen and oxygen atoms in total. The first kappa shape index (κ1) is 15.4. The number of nitrogens with two attached hydrogens (primary N) is 1. The van der Waals surface area contributed by atoms with Gasteiger partial charge in [-0.1, -0.05) is 44.8 Å². The van der Waals surface area contributed by atoms with Gasteiger partial charge in [0.25, 0.3) is 0 Å². The van der Waals surface area contributed by atoms with Crippen LogP contribution in [0.15, 0.2) is 17.1 Å². The molecule has 1 unspecified atom stereocenters. The minimum Gasteiger partial charge on any atom is -0.329 e. The number of nitrogens with zero attached hydrogens (tertiary/aromatic N) is 2. The molecule has 3 heteroatoms. The van der Waals surface area contributed by atoms with Crippen LogP contribution >= 0.6 is 0 Å². The molecule has 0 saturated heterocycles. The van der Waals surface area contributed by atoms with Gasteiger partial charge in [-0.2, -0.15) is 0 Å². The number of rotatable bonds is 10. The predicted octanol–water partition coefficient (Wildman–Crippen LogP) is 2.96. The van der Waals surface area contributed by atoms with Crippen LogP contribution in [0.25, 0.3) is 0 Å². The molecule has 1 aliphatic rings. The summed E-state index contributed by atoms with van der Waals surface area (Å²) >= 11 is 0. The normalized spacial score (nSPS) is 20.2. The summed E-state index contributed by atoms with van der Waals surface area (Å²) in [5, 5.41) is 0. The number of allylic oxidation sites excluding steroid dienone is 1. The molecule has 1 rings (SSSR count). The quantitative estimate of drug-likeness (QED) is 0.479. The molecule has 0 aromatic carbocycles. The summed E-state index contributed by atoms with van der Waals surface area (Å²) in [6, 6.07) is 0. The third kappa shape index (κ3) is 6.31. The SMILES string of the molecule is CCCCCCC/C=C/CC1N=CCN1CCN. The molecule has 104 valence electrons. The van der Waals surface area contributed by atoms with E-state index in [0.29, 0.717) is 6.17 Å². The summed E-state index contributed by atoms with van der Waals surface area (Å²) in [6.45, 7) is 4.90. The van der Waals surface area contributed by atoms with E-state index in [1.165, 1.54) is 38.5 Å². The summed E-state index contributed by atoms with van der Waals surface area (Å²) < 4.78 is 0. The van der Waals surface area contributed by atoms with Gasteiger partial charge in [0.15, 0.2) is 0 Å². The monoisotopic (exact) mass is 251 g/mol. The van der Waals surface area contributed by atoms with Crippen LogP contribution < -0.4 is 5.73 Å². The van der Waals surface area contributed by atoms with Gasteiger partial charge in [-0.05, 0) is 12.8 Å². The Balaban J connectivity index is 2.03. The van der Waals surface area contributed by atoms with E-state index in [1.807, 2.05) is 6.21 Å². The second-order valence-electron chi connectivity index (χ2n) is 5.01. The van der Waals surface area contributed by atoms with Crippen molar-refractivity contribution in [3.8, 4) is 0 Å². The maximum absolute atomic E-state index is 5.59. The van der Waals surface area contributed by atoms with Gasteiger partial charge in [0.2, 0.25) is 0 Å². The number of aliphatic imine (C=N–C) groups is 1. The highest BCUT2D eigenvalue weighted by atomic mass is 15.3. The van der Waals surface area contributed by atoms with Gasteiger partial charge in [0, 0.05) is 32.3 Å². The molecule has 0 amide bonds. The summed E-state index contributed by atoms with van der Waals surface area (Å²) in [5.74, 6) is 0. The fourth-order valence-electron chi connectivity index (χ4n) is 2.31. The largest absolute Gasteiger partial charge is 0.329 e. The van der Waals surface area contributed by atoms with E-state index in [-0.39, 0.29) is 0 Å². The number of unbranched alkanes of at least 4 members (excludes halogenated alkanes) is 5. The van der Waals surface area contributed by atoms with Gasteiger partial charge in [0.05, 0.1) is 0 Å². The van der Waals surface area contributed by atoms with Crippen molar-refractivity contribution in [1.29, 1.82) is 0 Å². The van der Waals surface area contributed by atoms with E-state index in [2.05, 4.69) is 29.0 Å². The van der Waals surface area contributed by atoms with Crippen molar-refractivity contribution < 1.29 is 0 Å². The molecule has 0 fully saturated rings. The lowest BCUT2D eigenvalue weighted by molar-refractivity contribution is 0.259. The van der Waals surface area contributed by atoms with E-state index < -0.39 is 0 Å². The first-order valence-electron chi connectivity index (χ1n) is 7.49. The lowest BCUT2D eigenvalue weighted by Crippen LogP contribution is -2.34. The van der Waals surface area contributed by atoms with E-state index in [1.54, 1.807) is 0 Å². The molecule has 0 saturated carbocycles. The Morgan fingerprint density at radius 3 is 2.89 bits per heavy atom. The van der Waals surface area contributed by atoms with Gasteiger partial charge in [0.1, 0.15) is 6.17 Å². The van der Waals surface area contributed by atoms with Crippen LogP contribution in [-0.2, 0) is 0 Å². The van der Waals surface area contributed by atoms with Gasteiger partial charge in [-0.25, -0.2) is 0 Å². The predicted molar refractivity (Wildman–Crippen MR) is 80.0 cm³/mol. The van der Waals surface area contributed by atoms with Crippen molar-refractivity contribution in [2.75, 3.05) is 19.6 Å². The molecule has 18 heavy (non-hydrogen) atoms. The molecular formula is C15H29N3. The molecule has 1 atom stereocenters. The fraction of sp³-hybridized carbons (Fsp3) is 0.800. The van der Waals surface area contributed by atoms with Crippen molar-refractivity contribution in [2.45, 2.75) is 58.0 Å². The molecule has 0 bridgehead atoms. The van der Waals surface area contributed by atoms with E-state index >= 15 is 0 Å². The summed E-state index contributed by atoms with van der Waals surface area (Å²) in [6.07, 6.45) is 16.0. The van der Waals surface area contributed by atoms with Gasteiger partial charge < -0.3 is 5.73 Å². The van der Waals surface area contributed by atoms with Crippen molar-refractivity contribution in [1.82, 2.24) is 4.90 Å². The molecule has 0 aromatic heterocycles.